The highest BCUT2D eigenvalue weighted by Gasteiger charge is 2.30. The van der Waals surface area contributed by atoms with Gasteiger partial charge in [-0.25, -0.2) is 4.79 Å². The smallest absolute Gasteiger partial charge is 0.487 e. The number of alkyl halides is 3. The third-order valence-corrected chi connectivity index (χ3v) is 3.46. The summed E-state index contributed by atoms with van der Waals surface area (Å²) in [5, 5.41) is 18.2. The molecule has 0 atom stereocenters. The summed E-state index contributed by atoms with van der Waals surface area (Å²) in [4.78, 5) is 11.0. The molecule has 6 N–H and O–H groups in total. The van der Waals surface area contributed by atoms with E-state index in [0.717, 1.165) is 12.1 Å². The van der Waals surface area contributed by atoms with Gasteiger partial charge in [-0.1, -0.05) is 12.1 Å². The van der Waals surface area contributed by atoms with Crippen molar-refractivity contribution >= 4 is 5.97 Å². The summed E-state index contributed by atoms with van der Waals surface area (Å²) in [6.07, 6.45) is -4.80. The number of nitrogens with two attached hydrogens (primary N) is 2. The van der Waals surface area contributed by atoms with Gasteiger partial charge in [0.2, 0.25) is 5.88 Å². The molecule has 158 valence electrons. The first kappa shape index (κ1) is 22.2. The van der Waals surface area contributed by atoms with E-state index in [2.05, 4.69) is 4.74 Å². The summed E-state index contributed by atoms with van der Waals surface area (Å²) in [7, 11) is 0. The van der Waals surface area contributed by atoms with Crippen molar-refractivity contribution in [1.29, 1.82) is 5.26 Å². The summed E-state index contributed by atoms with van der Waals surface area (Å²) in [5.41, 5.74) is 7.49. The van der Waals surface area contributed by atoms with Gasteiger partial charge in [0.25, 0.3) is 0 Å². The largest absolute Gasteiger partial charge is 0.573 e. The van der Waals surface area contributed by atoms with Crippen LogP contribution in [0.5, 0.6) is 17.2 Å². The molecule has 0 spiro atoms. The molecule has 0 aliphatic rings. The average molecular weight is 424 g/mol. The van der Waals surface area contributed by atoms with E-state index in [4.69, 9.17) is 26.2 Å². The lowest BCUT2D eigenvalue weighted by molar-refractivity contribution is -0.274. The van der Waals surface area contributed by atoms with Gasteiger partial charge in [0.05, 0.1) is 5.56 Å². The molecule has 0 saturated carbocycles. The number of nitrogens with zero attached hydrogens (tertiary/aromatic N) is 1. The zero-order valence-corrected chi connectivity index (χ0v) is 15.1. The summed E-state index contributed by atoms with van der Waals surface area (Å²) >= 11 is 0. The molecule has 0 radical (unpaired) electrons. The number of hydrogen-bond donors (Lipinski definition) is 4. The molecule has 0 aromatic heterocycles. The Labute approximate surface area is 167 Å². The number of nitrogens with one attached hydrogen (secondary N) is 1. The van der Waals surface area contributed by atoms with Crippen molar-refractivity contribution in [3.05, 3.63) is 65.2 Å². The molecule has 9 nitrogen and oxygen atoms in total. The fourth-order valence-corrected chi connectivity index (χ4v) is 2.14. The summed E-state index contributed by atoms with van der Waals surface area (Å²) in [6.45, 7) is -0.0829. The number of carboxylic acids is 1. The Bertz CT molecular complexity index is 985. The van der Waals surface area contributed by atoms with Crippen LogP contribution >= 0.6 is 0 Å². The minimum atomic E-state index is -4.80. The van der Waals surface area contributed by atoms with Crippen LogP contribution in [-0.4, -0.2) is 17.4 Å². The van der Waals surface area contributed by atoms with Crippen LogP contribution in [0.3, 0.4) is 0 Å². The Balaban J connectivity index is 2.14. The number of aliphatic carboxylic acids is 1. The normalized spacial score (nSPS) is 11.7. The lowest BCUT2D eigenvalue weighted by atomic mass is 10.2. The number of halogens is 3. The number of carbonyl (C=O) groups is 1. The van der Waals surface area contributed by atoms with E-state index in [1.165, 1.54) is 30.3 Å². The van der Waals surface area contributed by atoms with E-state index >= 15 is 0 Å². The van der Waals surface area contributed by atoms with Crippen LogP contribution in [0.2, 0.25) is 0 Å². The molecule has 2 rings (SSSR count). The Hall–Kier alpha value is -4.11. The first-order valence-corrected chi connectivity index (χ1v) is 8.02. The predicted octanol–water partition coefficient (Wildman–Crippen LogP) is 2.09. The van der Waals surface area contributed by atoms with Crippen molar-refractivity contribution in [2.75, 3.05) is 0 Å². The van der Waals surface area contributed by atoms with Crippen LogP contribution in [0.15, 0.2) is 54.0 Å². The Morgan fingerprint density at radius 2 is 1.80 bits per heavy atom. The van der Waals surface area contributed by atoms with Crippen LogP contribution in [0.25, 0.3) is 0 Å². The average Bonchev–Trinajstić information content (AvgIpc) is 2.66. The van der Waals surface area contributed by atoms with Crippen molar-refractivity contribution < 1.29 is 37.3 Å². The van der Waals surface area contributed by atoms with Crippen molar-refractivity contribution in [2.45, 2.75) is 13.0 Å². The van der Waals surface area contributed by atoms with Crippen molar-refractivity contribution in [3.63, 3.8) is 0 Å². The van der Waals surface area contributed by atoms with E-state index in [0.29, 0.717) is 5.56 Å². The number of benzene rings is 2. The molecule has 0 bridgehead atoms. The predicted molar refractivity (Wildman–Crippen MR) is 95.4 cm³/mol. The molecule has 0 heterocycles. The van der Waals surface area contributed by atoms with Gasteiger partial charge in [0, 0.05) is 6.07 Å². The maximum atomic E-state index is 12.2. The van der Waals surface area contributed by atoms with Gasteiger partial charge >= 0.3 is 12.3 Å². The number of hydrazine groups is 1. The van der Waals surface area contributed by atoms with E-state index in [9.17, 15) is 23.2 Å². The fourth-order valence-electron chi connectivity index (χ4n) is 2.14. The minimum Gasteiger partial charge on any atom is -0.487 e. The van der Waals surface area contributed by atoms with Gasteiger partial charge < -0.3 is 30.5 Å². The molecule has 0 aliphatic heterocycles. The summed E-state index contributed by atoms with van der Waals surface area (Å²) in [6, 6.07) is 10.9. The molecule has 0 fully saturated rings. The molecule has 0 amide bonds. The van der Waals surface area contributed by atoms with Crippen LogP contribution in [0.4, 0.5) is 13.2 Å². The highest BCUT2D eigenvalue weighted by Crippen LogP contribution is 2.27. The van der Waals surface area contributed by atoms with E-state index in [1.807, 2.05) is 11.5 Å². The lowest BCUT2D eigenvalue weighted by Crippen LogP contribution is -2.31. The monoisotopic (exact) mass is 424 g/mol. The zero-order chi connectivity index (χ0) is 22.3. The summed E-state index contributed by atoms with van der Waals surface area (Å²) < 4.78 is 51.1. The second-order valence-electron chi connectivity index (χ2n) is 5.54. The molecule has 2 aromatic carbocycles. The third-order valence-electron chi connectivity index (χ3n) is 3.46. The highest BCUT2D eigenvalue weighted by atomic mass is 19.4. The SMILES string of the molecule is N#Cc1ccc(O/C(N)=C(/NN)C(=O)O)cc1OCc1ccc(OC(F)(F)F)cc1. The number of ether oxygens (including phenoxy) is 3. The van der Waals surface area contributed by atoms with Crippen molar-refractivity contribution in [1.82, 2.24) is 5.43 Å². The molecule has 0 aliphatic carbocycles. The van der Waals surface area contributed by atoms with Crippen LogP contribution < -0.4 is 31.2 Å². The van der Waals surface area contributed by atoms with Crippen molar-refractivity contribution in [3.8, 4) is 23.3 Å². The second kappa shape index (κ2) is 9.39. The number of rotatable bonds is 8. The van der Waals surface area contributed by atoms with Gasteiger partial charge in [-0.3, -0.25) is 5.84 Å². The molecule has 0 unspecified atom stereocenters. The first-order valence-electron chi connectivity index (χ1n) is 8.02. The van der Waals surface area contributed by atoms with Gasteiger partial charge in [0.15, 0.2) is 5.70 Å². The van der Waals surface area contributed by atoms with Gasteiger partial charge in [-0.05, 0) is 29.8 Å². The van der Waals surface area contributed by atoms with Crippen LogP contribution in [0.1, 0.15) is 11.1 Å². The Morgan fingerprint density at radius 1 is 1.17 bits per heavy atom. The Morgan fingerprint density at radius 3 is 2.33 bits per heavy atom. The Kier molecular flexibility index (Phi) is 6.94. The highest BCUT2D eigenvalue weighted by molar-refractivity contribution is 5.86. The third kappa shape index (κ3) is 6.21. The molecule has 0 saturated heterocycles. The number of hydrogen-bond acceptors (Lipinski definition) is 8. The van der Waals surface area contributed by atoms with Gasteiger partial charge in [-0.2, -0.15) is 5.26 Å². The molecular formula is C18H15F3N4O5. The molecule has 12 heteroatoms. The standard InChI is InChI=1S/C18H15F3N4O5/c19-18(20,21)30-12-4-1-10(2-5-12)9-28-14-7-13(6-3-11(14)8-22)29-16(23)15(25-24)17(26)27/h1-7,25H,9,23-24H2,(H,26,27)/b16-15+. The lowest BCUT2D eigenvalue weighted by Gasteiger charge is -2.13. The van der Waals surface area contributed by atoms with E-state index in [-0.39, 0.29) is 29.4 Å². The first-order chi connectivity index (χ1) is 14.1. The zero-order valence-electron chi connectivity index (χ0n) is 15.1. The summed E-state index contributed by atoms with van der Waals surface area (Å²) in [5.74, 6) is 2.85. The molecular weight excluding hydrogens is 409 g/mol. The number of carboxylic acid groups (broad SMARTS) is 1. The topological polar surface area (TPSA) is 153 Å². The van der Waals surface area contributed by atoms with E-state index in [1.54, 1.807) is 0 Å². The van der Waals surface area contributed by atoms with Crippen LogP contribution in [-0.2, 0) is 11.4 Å². The minimum absolute atomic E-state index is 0.0597. The van der Waals surface area contributed by atoms with Crippen molar-refractivity contribution in [2.24, 2.45) is 11.6 Å². The van der Waals surface area contributed by atoms with Gasteiger partial charge in [0.1, 0.15) is 29.9 Å². The molecule has 2 aromatic rings. The second-order valence-corrected chi connectivity index (χ2v) is 5.54. The van der Waals surface area contributed by atoms with Gasteiger partial charge in [-0.15, -0.1) is 13.2 Å². The maximum Gasteiger partial charge on any atom is 0.573 e. The van der Waals surface area contributed by atoms with Crippen LogP contribution in [0, 0.1) is 11.3 Å². The maximum absolute atomic E-state index is 12.2. The molecule has 30 heavy (non-hydrogen) atoms. The quantitative estimate of drug-likeness (QED) is 0.216. The number of nitriles is 1. The fraction of sp³-hybridized carbons (Fsp3) is 0.111. The van der Waals surface area contributed by atoms with E-state index < -0.39 is 23.9 Å².